The first-order valence-corrected chi connectivity index (χ1v) is 7.54. The summed E-state index contributed by atoms with van der Waals surface area (Å²) in [7, 11) is 0. The van der Waals surface area contributed by atoms with E-state index in [4.69, 9.17) is 0 Å². The average Bonchev–Trinajstić information content (AvgIpc) is 3.25. The third-order valence-corrected chi connectivity index (χ3v) is 4.23. The van der Waals surface area contributed by atoms with E-state index >= 15 is 0 Å². The highest BCUT2D eigenvalue weighted by atomic mass is 14.9. The van der Waals surface area contributed by atoms with Gasteiger partial charge in [-0.2, -0.15) is 0 Å². The van der Waals surface area contributed by atoms with Gasteiger partial charge in [-0.05, 0) is 62.3 Å². The van der Waals surface area contributed by atoms with Crippen LogP contribution in [0.3, 0.4) is 0 Å². The summed E-state index contributed by atoms with van der Waals surface area (Å²) in [5.41, 5.74) is 6.67. The summed E-state index contributed by atoms with van der Waals surface area (Å²) >= 11 is 0. The van der Waals surface area contributed by atoms with E-state index in [0.717, 1.165) is 5.92 Å². The fraction of sp³-hybridized carbons (Fsp3) is 0.368. The number of aryl methyl sites for hydroxylation is 3. The average molecular weight is 265 g/mol. The zero-order valence-electron chi connectivity index (χ0n) is 12.6. The molecule has 0 aromatic heterocycles. The van der Waals surface area contributed by atoms with E-state index in [-0.39, 0.29) is 0 Å². The van der Waals surface area contributed by atoms with Crippen LogP contribution in [0.25, 0.3) is 0 Å². The van der Waals surface area contributed by atoms with Crippen LogP contribution in [0.5, 0.6) is 0 Å². The predicted octanol–water partition coefficient (Wildman–Crippen LogP) is 5.18. The van der Waals surface area contributed by atoms with Gasteiger partial charge in [-0.25, -0.2) is 0 Å². The minimum Gasteiger partial charge on any atom is -0.378 e. The van der Waals surface area contributed by atoms with Gasteiger partial charge in [0.05, 0.1) is 6.04 Å². The van der Waals surface area contributed by atoms with Gasteiger partial charge in [-0.3, -0.25) is 0 Å². The molecule has 0 bridgehead atoms. The molecule has 0 saturated heterocycles. The molecule has 1 fully saturated rings. The Labute approximate surface area is 122 Å². The smallest absolute Gasteiger partial charge is 0.0542 e. The van der Waals surface area contributed by atoms with Crippen molar-refractivity contribution in [2.45, 2.75) is 39.7 Å². The molecule has 1 unspecified atom stereocenters. The summed E-state index contributed by atoms with van der Waals surface area (Å²) in [5, 5.41) is 3.79. The maximum atomic E-state index is 3.79. The third-order valence-electron chi connectivity index (χ3n) is 4.23. The van der Waals surface area contributed by atoms with E-state index < -0.39 is 0 Å². The molecule has 0 radical (unpaired) electrons. The third kappa shape index (κ3) is 2.87. The Morgan fingerprint density at radius 3 is 2.20 bits per heavy atom. The van der Waals surface area contributed by atoms with Gasteiger partial charge in [0.2, 0.25) is 0 Å². The Morgan fingerprint density at radius 2 is 1.55 bits per heavy atom. The molecule has 2 aromatic carbocycles. The normalized spacial score (nSPS) is 15.9. The molecule has 0 heterocycles. The molecule has 1 heteroatoms. The lowest BCUT2D eigenvalue weighted by atomic mass is 10.00. The molecule has 2 aromatic rings. The molecule has 1 nitrogen and oxygen atoms in total. The second-order valence-electron chi connectivity index (χ2n) is 6.19. The molecule has 3 rings (SSSR count). The Kier molecular flexibility index (Phi) is 3.52. The van der Waals surface area contributed by atoms with Gasteiger partial charge in [0.15, 0.2) is 0 Å². The van der Waals surface area contributed by atoms with Gasteiger partial charge >= 0.3 is 0 Å². The van der Waals surface area contributed by atoms with Crippen molar-refractivity contribution < 1.29 is 0 Å². The summed E-state index contributed by atoms with van der Waals surface area (Å²) in [6.07, 6.45) is 2.69. The van der Waals surface area contributed by atoms with Crippen molar-refractivity contribution in [2.75, 3.05) is 5.32 Å². The van der Waals surface area contributed by atoms with Crippen molar-refractivity contribution in [3.63, 3.8) is 0 Å². The van der Waals surface area contributed by atoms with E-state index in [1.54, 1.807) is 0 Å². The monoisotopic (exact) mass is 265 g/mol. The van der Waals surface area contributed by atoms with Gasteiger partial charge in [0.25, 0.3) is 0 Å². The Hall–Kier alpha value is -1.76. The minimum atomic E-state index is 0.455. The maximum absolute atomic E-state index is 3.79. The molecule has 1 atom stereocenters. The number of nitrogens with one attached hydrogen (secondary N) is 1. The lowest BCUT2D eigenvalue weighted by Gasteiger charge is -2.22. The van der Waals surface area contributed by atoms with Crippen LogP contribution in [0.15, 0.2) is 42.5 Å². The van der Waals surface area contributed by atoms with Crippen LogP contribution >= 0.6 is 0 Å². The Morgan fingerprint density at radius 1 is 0.900 bits per heavy atom. The number of rotatable bonds is 4. The van der Waals surface area contributed by atoms with Crippen LogP contribution < -0.4 is 5.32 Å². The van der Waals surface area contributed by atoms with E-state index in [1.807, 2.05) is 0 Å². The van der Waals surface area contributed by atoms with Crippen LogP contribution in [0.4, 0.5) is 5.69 Å². The topological polar surface area (TPSA) is 12.0 Å². The highest BCUT2D eigenvalue weighted by Crippen LogP contribution is 2.43. The van der Waals surface area contributed by atoms with Crippen molar-refractivity contribution in [1.82, 2.24) is 0 Å². The standard InChI is InChI=1S/C19H23N/c1-13-5-8-16(9-6-13)19(17-10-11-17)20-18-12-14(2)4-7-15(18)3/h4-9,12,17,19-20H,10-11H2,1-3H3. The van der Waals surface area contributed by atoms with E-state index in [9.17, 15) is 0 Å². The van der Waals surface area contributed by atoms with Crippen molar-refractivity contribution in [3.05, 3.63) is 64.7 Å². The molecule has 0 spiro atoms. The van der Waals surface area contributed by atoms with Crippen LogP contribution in [0, 0.1) is 26.7 Å². The number of anilines is 1. The fourth-order valence-electron chi connectivity index (χ4n) is 2.74. The largest absolute Gasteiger partial charge is 0.378 e. The first-order valence-electron chi connectivity index (χ1n) is 7.54. The fourth-order valence-corrected chi connectivity index (χ4v) is 2.74. The maximum Gasteiger partial charge on any atom is 0.0542 e. The molecule has 0 aliphatic heterocycles. The highest BCUT2D eigenvalue weighted by molar-refractivity contribution is 5.54. The van der Waals surface area contributed by atoms with Crippen molar-refractivity contribution >= 4 is 5.69 Å². The van der Waals surface area contributed by atoms with Crippen molar-refractivity contribution in [1.29, 1.82) is 0 Å². The van der Waals surface area contributed by atoms with Crippen LogP contribution in [0.1, 0.15) is 41.1 Å². The molecular formula is C19H23N. The van der Waals surface area contributed by atoms with Crippen LogP contribution in [-0.2, 0) is 0 Å². The van der Waals surface area contributed by atoms with Crippen molar-refractivity contribution in [3.8, 4) is 0 Å². The van der Waals surface area contributed by atoms with Crippen molar-refractivity contribution in [2.24, 2.45) is 5.92 Å². The predicted molar refractivity (Wildman–Crippen MR) is 86.2 cm³/mol. The van der Waals surface area contributed by atoms with Gasteiger partial charge in [0, 0.05) is 5.69 Å². The first kappa shape index (κ1) is 13.2. The number of hydrogen-bond donors (Lipinski definition) is 1. The van der Waals surface area contributed by atoms with Gasteiger partial charge in [-0.15, -0.1) is 0 Å². The number of hydrogen-bond acceptors (Lipinski definition) is 1. The zero-order valence-corrected chi connectivity index (χ0v) is 12.6. The van der Waals surface area contributed by atoms with Crippen LogP contribution in [0.2, 0.25) is 0 Å². The van der Waals surface area contributed by atoms with Gasteiger partial charge < -0.3 is 5.32 Å². The lowest BCUT2D eigenvalue weighted by molar-refractivity contribution is 0.678. The summed E-state index contributed by atoms with van der Waals surface area (Å²) in [6.45, 7) is 6.48. The molecular weight excluding hydrogens is 242 g/mol. The molecule has 1 aliphatic rings. The second-order valence-corrected chi connectivity index (χ2v) is 6.19. The van der Waals surface area contributed by atoms with Gasteiger partial charge in [-0.1, -0.05) is 42.0 Å². The van der Waals surface area contributed by atoms with E-state index in [2.05, 4.69) is 68.6 Å². The molecule has 1 saturated carbocycles. The second kappa shape index (κ2) is 5.32. The Bertz CT molecular complexity index is 594. The van der Waals surface area contributed by atoms with E-state index in [0.29, 0.717) is 6.04 Å². The first-order chi connectivity index (χ1) is 9.63. The summed E-state index contributed by atoms with van der Waals surface area (Å²) in [4.78, 5) is 0. The molecule has 1 aliphatic carbocycles. The lowest BCUT2D eigenvalue weighted by Crippen LogP contribution is -2.13. The summed E-state index contributed by atoms with van der Waals surface area (Å²) in [6, 6.07) is 16.1. The van der Waals surface area contributed by atoms with Crippen LogP contribution in [-0.4, -0.2) is 0 Å². The minimum absolute atomic E-state index is 0.455. The molecule has 1 N–H and O–H groups in total. The van der Waals surface area contributed by atoms with E-state index in [1.165, 1.54) is 40.8 Å². The summed E-state index contributed by atoms with van der Waals surface area (Å²) < 4.78 is 0. The molecule has 0 amide bonds. The quantitative estimate of drug-likeness (QED) is 0.803. The molecule has 20 heavy (non-hydrogen) atoms. The van der Waals surface area contributed by atoms with Gasteiger partial charge in [0.1, 0.15) is 0 Å². The highest BCUT2D eigenvalue weighted by Gasteiger charge is 2.32. The summed E-state index contributed by atoms with van der Waals surface area (Å²) in [5.74, 6) is 0.789. The Balaban J connectivity index is 1.88. The number of benzene rings is 2. The SMILES string of the molecule is Cc1ccc(C(Nc2cc(C)ccc2C)C2CC2)cc1. The zero-order chi connectivity index (χ0) is 14.1. The molecule has 104 valence electrons.